The largest absolute Gasteiger partial charge is 0.465 e. The summed E-state index contributed by atoms with van der Waals surface area (Å²) in [6.45, 7) is 1.66. The molecule has 0 aliphatic carbocycles. The lowest BCUT2D eigenvalue weighted by Crippen LogP contribution is -2.34. The molecule has 0 radical (unpaired) electrons. The number of benzene rings is 1. The highest BCUT2D eigenvalue weighted by Crippen LogP contribution is 2.30. The zero-order valence-corrected chi connectivity index (χ0v) is 10.1. The lowest BCUT2D eigenvalue weighted by atomic mass is 10.0. The van der Waals surface area contributed by atoms with Gasteiger partial charge < -0.3 is 10.5 Å². The van der Waals surface area contributed by atoms with Crippen LogP contribution in [0.4, 0.5) is 17.6 Å². The van der Waals surface area contributed by atoms with Gasteiger partial charge in [-0.2, -0.15) is 13.2 Å². The van der Waals surface area contributed by atoms with Gasteiger partial charge in [0.25, 0.3) is 0 Å². The van der Waals surface area contributed by atoms with Gasteiger partial charge in [0, 0.05) is 6.42 Å². The quantitative estimate of drug-likeness (QED) is 0.679. The van der Waals surface area contributed by atoms with Gasteiger partial charge in [0.05, 0.1) is 12.2 Å². The van der Waals surface area contributed by atoms with Crippen LogP contribution in [0.2, 0.25) is 0 Å². The van der Waals surface area contributed by atoms with E-state index in [1.807, 2.05) is 0 Å². The molecular weight excluding hydrogens is 266 g/mol. The van der Waals surface area contributed by atoms with E-state index in [-0.39, 0.29) is 18.6 Å². The first-order chi connectivity index (χ1) is 8.75. The molecule has 1 aromatic rings. The SMILES string of the molecule is CCOC(=O)C(N)Cc1cc(C(F)(F)F)ccc1F. The maximum Gasteiger partial charge on any atom is 0.416 e. The fourth-order valence-electron chi connectivity index (χ4n) is 1.48. The van der Waals surface area contributed by atoms with E-state index in [1.54, 1.807) is 6.92 Å². The van der Waals surface area contributed by atoms with E-state index in [0.717, 1.165) is 0 Å². The molecule has 1 aromatic carbocycles. The molecule has 0 heterocycles. The smallest absolute Gasteiger partial charge is 0.416 e. The molecule has 1 atom stereocenters. The number of halogens is 4. The minimum Gasteiger partial charge on any atom is -0.465 e. The van der Waals surface area contributed by atoms with Crippen LogP contribution >= 0.6 is 0 Å². The van der Waals surface area contributed by atoms with E-state index in [2.05, 4.69) is 4.74 Å². The van der Waals surface area contributed by atoms with Crippen LogP contribution in [0.5, 0.6) is 0 Å². The average Bonchev–Trinajstić information content (AvgIpc) is 2.30. The van der Waals surface area contributed by atoms with E-state index in [0.29, 0.717) is 18.2 Å². The molecule has 0 amide bonds. The summed E-state index contributed by atoms with van der Waals surface area (Å²) in [6.07, 6.45) is -4.93. The third-order valence-corrected chi connectivity index (χ3v) is 2.40. The highest BCUT2D eigenvalue weighted by molar-refractivity contribution is 5.75. The van der Waals surface area contributed by atoms with E-state index in [1.165, 1.54) is 0 Å². The van der Waals surface area contributed by atoms with E-state index in [4.69, 9.17) is 5.73 Å². The normalized spacial score (nSPS) is 13.2. The first-order valence-electron chi connectivity index (χ1n) is 5.53. The van der Waals surface area contributed by atoms with Crippen LogP contribution in [0.25, 0.3) is 0 Å². The van der Waals surface area contributed by atoms with Crippen molar-refractivity contribution in [2.75, 3.05) is 6.61 Å². The third kappa shape index (κ3) is 4.20. The molecule has 0 spiro atoms. The summed E-state index contributed by atoms with van der Waals surface area (Å²) in [4.78, 5) is 11.2. The number of esters is 1. The second kappa shape index (κ2) is 6.01. The van der Waals surface area contributed by atoms with Crippen molar-refractivity contribution < 1.29 is 27.1 Å². The number of nitrogens with two attached hydrogens (primary N) is 1. The first kappa shape index (κ1) is 15.4. The highest BCUT2D eigenvalue weighted by atomic mass is 19.4. The monoisotopic (exact) mass is 279 g/mol. The van der Waals surface area contributed by atoms with Crippen LogP contribution in [0.15, 0.2) is 18.2 Å². The van der Waals surface area contributed by atoms with Gasteiger partial charge in [-0.1, -0.05) is 0 Å². The van der Waals surface area contributed by atoms with Crippen molar-refractivity contribution in [1.29, 1.82) is 0 Å². The summed E-state index contributed by atoms with van der Waals surface area (Å²) in [5.74, 6) is -1.62. The van der Waals surface area contributed by atoms with Crippen molar-refractivity contribution in [3.05, 3.63) is 35.1 Å². The zero-order valence-electron chi connectivity index (χ0n) is 10.1. The Kier molecular flexibility index (Phi) is 4.88. The average molecular weight is 279 g/mol. The Morgan fingerprint density at radius 2 is 2.05 bits per heavy atom. The van der Waals surface area contributed by atoms with Crippen molar-refractivity contribution in [2.24, 2.45) is 5.73 Å². The van der Waals surface area contributed by atoms with Gasteiger partial charge in [-0.3, -0.25) is 4.79 Å². The van der Waals surface area contributed by atoms with Crippen molar-refractivity contribution in [2.45, 2.75) is 25.6 Å². The third-order valence-electron chi connectivity index (χ3n) is 2.40. The molecule has 0 fully saturated rings. The fraction of sp³-hybridized carbons (Fsp3) is 0.417. The summed E-state index contributed by atoms with van der Waals surface area (Å²) >= 11 is 0. The number of rotatable bonds is 4. The second-order valence-electron chi connectivity index (χ2n) is 3.87. The Labute approximate surface area is 107 Å². The molecule has 0 saturated heterocycles. The number of carbonyl (C=O) groups is 1. The Hall–Kier alpha value is -1.63. The summed E-state index contributed by atoms with van der Waals surface area (Å²) in [6, 6.07) is 0.789. The Morgan fingerprint density at radius 1 is 1.42 bits per heavy atom. The molecule has 7 heteroatoms. The van der Waals surface area contributed by atoms with Crippen LogP contribution in [-0.4, -0.2) is 18.6 Å². The maximum absolute atomic E-state index is 13.4. The molecule has 2 N–H and O–H groups in total. The fourth-order valence-corrected chi connectivity index (χ4v) is 1.48. The number of hydrogen-bond donors (Lipinski definition) is 1. The van der Waals surface area contributed by atoms with Crippen molar-refractivity contribution >= 4 is 5.97 Å². The minimum atomic E-state index is -4.57. The van der Waals surface area contributed by atoms with E-state index >= 15 is 0 Å². The highest BCUT2D eigenvalue weighted by Gasteiger charge is 2.31. The van der Waals surface area contributed by atoms with E-state index in [9.17, 15) is 22.4 Å². The molecule has 3 nitrogen and oxygen atoms in total. The maximum atomic E-state index is 13.4. The molecule has 0 saturated carbocycles. The zero-order chi connectivity index (χ0) is 14.6. The van der Waals surface area contributed by atoms with Gasteiger partial charge in [0.15, 0.2) is 0 Å². The van der Waals surface area contributed by atoms with Crippen LogP contribution in [0, 0.1) is 5.82 Å². The molecule has 106 valence electrons. The Balaban J connectivity index is 2.91. The Bertz CT molecular complexity index is 460. The standard InChI is InChI=1S/C12H13F4NO2/c1-2-19-11(18)10(17)6-7-5-8(12(14,15)16)3-4-9(7)13/h3-5,10H,2,6,17H2,1H3. The molecule has 19 heavy (non-hydrogen) atoms. The molecule has 1 rings (SSSR count). The van der Waals surface area contributed by atoms with Crippen molar-refractivity contribution in [1.82, 2.24) is 0 Å². The number of alkyl halides is 3. The number of ether oxygens (including phenoxy) is 1. The van der Waals surface area contributed by atoms with Gasteiger partial charge in [-0.25, -0.2) is 4.39 Å². The molecule has 0 aliphatic heterocycles. The van der Waals surface area contributed by atoms with Gasteiger partial charge in [-0.15, -0.1) is 0 Å². The van der Waals surface area contributed by atoms with Gasteiger partial charge in [0.2, 0.25) is 0 Å². The second-order valence-corrected chi connectivity index (χ2v) is 3.87. The predicted molar refractivity (Wildman–Crippen MR) is 59.7 cm³/mol. The van der Waals surface area contributed by atoms with Crippen LogP contribution in [-0.2, 0) is 22.1 Å². The molecule has 0 bridgehead atoms. The van der Waals surface area contributed by atoms with Gasteiger partial charge in [-0.05, 0) is 30.7 Å². The summed E-state index contributed by atoms with van der Waals surface area (Å²) in [7, 11) is 0. The first-order valence-corrected chi connectivity index (χ1v) is 5.53. The van der Waals surface area contributed by atoms with Gasteiger partial charge >= 0.3 is 12.1 Å². The minimum absolute atomic E-state index is 0.0948. The lowest BCUT2D eigenvalue weighted by molar-refractivity contribution is -0.144. The topological polar surface area (TPSA) is 52.3 Å². The van der Waals surface area contributed by atoms with E-state index < -0.39 is 29.6 Å². The lowest BCUT2D eigenvalue weighted by Gasteiger charge is -2.13. The molecule has 0 aliphatic rings. The molecule has 0 aromatic heterocycles. The number of hydrogen-bond acceptors (Lipinski definition) is 3. The summed E-state index contributed by atoms with van der Waals surface area (Å²) in [5, 5.41) is 0. The summed E-state index contributed by atoms with van der Waals surface area (Å²) in [5.41, 5.74) is 4.19. The van der Waals surface area contributed by atoms with Crippen LogP contribution in [0.1, 0.15) is 18.1 Å². The van der Waals surface area contributed by atoms with Crippen molar-refractivity contribution in [3.63, 3.8) is 0 Å². The van der Waals surface area contributed by atoms with Crippen molar-refractivity contribution in [3.8, 4) is 0 Å². The van der Waals surface area contributed by atoms with Crippen LogP contribution in [0.3, 0.4) is 0 Å². The van der Waals surface area contributed by atoms with Gasteiger partial charge in [0.1, 0.15) is 11.9 Å². The summed E-state index contributed by atoms with van der Waals surface area (Å²) < 4.78 is 55.4. The predicted octanol–water partition coefficient (Wildman–Crippen LogP) is 2.28. The van der Waals surface area contributed by atoms with Crippen LogP contribution < -0.4 is 5.73 Å². The Morgan fingerprint density at radius 3 is 2.58 bits per heavy atom. The number of carbonyl (C=O) groups excluding carboxylic acids is 1. The molecular formula is C12H13F4NO2. The molecule has 1 unspecified atom stereocenters.